The number of piperidine rings is 1. The zero-order valence-electron chi connectivity index (χ0n) is 12.4. The SMILES string of the molecule is CC(=O)N1CCC(C(=O)NCC2CN(C)CCO2)CC1. The van der Waals surface area contributed by atoms with Gasteiger partial charge in [-0.2, -0.15) is 0 Å². The first-order valence-corrected chi connectivity index (χ1v) is 7.39. The second-order valence-corrected chi connectivity index (χ2v) is 5.78. The van der Waals surface area contributed by atoms with Crippen LogP contribution in [0.3, 0.4) is 0 Å². The van der Waals surface area contributed by atoms with Gasteiger partial charge in [0.1, 0.15) is 0 Å². The summed E-state index contributed by atoms with van der Waals surface area (Å²) in [6, 6.07) is 0. The fraction of sp³-hybridized carbons (Fsp3) is 0.857. The number of morpholine rings is 1. The van der Waals surface area contributed by atoms with E-state index in [2.05, 4.69) is 17.3 Å². The number of carbonyl (C=O) groups is 2. The van der Waals surface area contributed by atoms with Crippen molar-refractivity contribution in [1.82, 2.24) is 15.1 Å². The molecular formula is C14H25N3O3. The Labute approximate surface area is 120 Å². The average Bonchev–Trinajstić information content (AvgIpc) is 2.45. The van der Waals surface area contributed by atoms with Gasteiger partial charge in [0.05, 0.1) is 12.7 Å². The number of hydrogen-bond acceptors (Lipinski definition) is 4. The molecule has 2 rings (SSSR count). The van der Waals surface area contributed by atoms with Crippen LogP contribution in [0.25, 0.3) is 0 Å². The molecule has 0 radical (unpaired) electrons. The van der Waals surface area contributed by atoms with Crippen molar-refractivity contribution >= 4 is 11.8 Å². The van der Waals surface area contributed by atoms with Gasteiger partial charge in [-0.25, -0.2) is 0 Å². The lowest BCUT2D eigenvalue weighted by Gasteiger charge is -2.32. The van der Waals surface area contributed by atoms with Crippen LogP contribution in [0.4, 0.5) is 0 Å². The minimum Gasteiger partial charge on any atom is -0.374 e. The number of likely N-dealkylation sites (tertiary alicyclic amines) is 1. The fourth-order valence-electron chi connectivity index (χ4n) is 2.81. The third-order valence-electron chi connectivity index (χ3n) is 4.16. The maximum absolute atomic E-state index is 12.1. The molecule has 1 unspecified atom stereocenters. The van der Waals surface area contributed by atoms with Gasteiger partial charge in [-0.15, -0.1) is 0 Å². The van der Waals surface area contributed by atoms with Crippen LogP contribution >= 0.6 is 0 Å². The molecule has 20 heavy (non-hydrogen) atoms. The lowest BCUT2D eigenvalue weighted by Crippen LogP contribution is -2.48. The highest BCUT2D eigenvalue weighted by Crippen LogP contribution is 2.17. The Morgan fingerprint density at radius 3 is 2.55 bits per heavy atom. The summed E-state index contributed by atoms with van der Waals surface area (Å²) < 4.78 is 5.63. The molecule has 2 aliphatic rings. The molecule has 0 spiro atoms. The number of hydrogen-bond donors (Lipinski definition) is 1. The summed E-state index contributed by atoms with van der Waals surface area (Å²) in [6.07, 6.45) is 1.61. The van der Waals surface area contributed by atoms with E-state index in [-0.39, 0.29) is 23.8 Å². The van der Waals surface area contributed by atoms with Crippen LogP contribution in [0.2, 0.25) is 0 Å². The molecule has 0 aromatic heterocycles. The van der Waals surface area contributed by atoms with Crippen molar-refractivity contribution in [3.63, 3.8) is 0 Å². The highest BCUT2D eigenvalue weighted by molar-refractivity contribution is 5.79. The summed E-state index contributed by atoms with van der Waals surface area (Å²) in [6.45, 7) is 6.09. The van der Waals surface area contributed by atoms with Gasteiger partial charge in [0.25, 0.3) is 0 Å². The zero-order chi connectivity index (χ0) is 14.5. The third-order valence-corrected chi connectivity index (χ3v) is 4.16. The monoisotopic (exact) mass is 283 g/mol. The van der Waals surface area contributed by atoms with E-state index in [9.17, 15) is 9.59 Å². The van der Waals surface area contributed by atoms with E-state index >= 15 is 0 Å². The van der Waals surface area contributed by atoms with Gasteiger partial charge in [-0.3, -0.25) is 9.59 Å². The maximum atomic E-state index is 12.1. The van der Waals surface area contributed by atoms with Crippen LogP contribution in [0, 0.1) is 5.92 Å². The predicted octanol–water partition coefficient (Wildman–Crippen LogP) is -0.308. The molecule has 0 aliphatic carbocycles. The molecule has 2 aliphatic heterocycles. The van der Waals surface area contributed by atoms with Crippen molar-refractivity contribution in [2.24, 2.45) is 5.92 Å². The molecule has 0 aromatic rings. The van der Waals surface area contributed by atoms with Gasteiger partial charge < -0.3 is 19.9 Å². The van der Waals surface area contributed by atoms with Crippen molar-refractivity contribution in [2.75, 3.05) is 46.4 Å². The molecule has 2 saturated heterocycles. The minimum absolute atomic E-state index is 0.0342. The third kappa shape index (κ3) is 4.18. The van der Waals surface area contributed by atoms with Gasteiger partial charge in [0.15, 0.2) is 0 Å². The summed E-state index contributed by atoms with van der Waals surface area (Å²) in [5.41, 5.74) is 0. The quantitative estimate of drug-likeness (QED) is 0.772. The van der Waals surface area contributed by atoms with Crippen LogP contribution in [0.15, 0.2) is 0 Å². The first-order valence-electron chi connectivity index (χ1n) is 7.39. The highest BCUT2D eigenvalue weighted by Gasteiger charge is 2.26. The molecule has 0 bridgehead atoms. The molecule has 2 heterocycles. The molecule has 2 fully saturated rings. The van der Waals surface area contributed by atoms with Gasteiger partial charge in [-0.1, -0.05) is 0 Å². The number of nitrogens with one attached hydrogen (secondary N) is 1. The average molecular weight is 283 g/mol. The van der Waals surface area contributed by atoms with E-state index in [1.54, 1.807) is 6.92 Å². The van der Waals surface area contributed by atoms with Crippen molar-refractivity contribution in [2.45, 2.75) is 25.9 Å². The van der Waals surface area contributed by atoms with E-state index in [1.807, 2.05) is 4.90 Å². The number of nitrogens with zero attached hydrogens (tertiary/aromatic N) is 2. The smallest absolute Gasteiger partial charge is 0.223 e. The number of amides is 2. The first-order chi connectivity index (χ1) is 9.56. The van der Waals surface area contributed by atoms with Gasteiger partial charge in [0.2, 0.25) is 11.8 Å². The number of likely N-dealkylation sites (N-methyl/N-ethyl adjacent to an activating group) is 1. The lowest BCUT2D eigenvalue weighted by molar-refractivity contribution is -0.134. The normalized spacial score (nSPS) is 25.5. The van der Waals surface area contributed by atoms with Crippen LogP contribution < -0.4 is 5.32 Å². The highest BCUT2D eigenvalue weighted by atomic mass is 16.5. The van der Waals surface area contributed by atoms with Crippen molar-refractivity contribution in [3.05, 3.63) is 0 Å². The van der Waals surface area contributed by atoms with Gasteiger partial charge in [0, 0.05) is 45.6 Å². The van der Waals surface area contributed by atoms with Crippen LogP contribution in [0.5, 0.6) is 0 Å². The molecule has 6 heteroatoms. The van der Waals surface area contributed by atoms with E-state index in [0.29, 0.717) is 19.6 Å². The lowest BCUT2D eigenvalue weighted by atomic mass is 9.96. The Morgan fingerprint density at radius 2 is 1.95 bits per heavy atom. The zero-order valence-corrected chi connectivity index (χ0v) is 12.4. The molecule has 1 N–H and O–H groups in total. The Bertz CT molecular complexity index is 354. The molecule has 114 valence electrons. The topological polar surface area (TPSA) is 61.9 Å². The van der Waals surface area contributed by atoms with Crippen LogP contribution in [-0.2, 0) is 14.3 Å². The Balaban J connectivity index is 1.69. The van der Waals surface area contributed by atoms with Crippen molar-refractivity contribution < 1.29 is 14.3 Å². The molecule has 2 amide bonds. The molecule has 0 aromatic carbocycles. The summed E-state index contributed by atoms with van der Waals surface area (Å²) in [4.78, 5) is 27.4. The van der Waals surface area contributed by atoms with E-state index < -0.39 is 0 Å². The maximum Gasteiger partial charge on any atom is 0.223 e. The standard InChI is InChI=1S/C14H25N3O3/c1-11(18)17-5-3-12(4-6-17)14(19)15-9-13-10-16(2)7-8-20-13/h12-13H,3-10H2,1-2H3,(H,15,19). The fourth-order valence-corrected chi connectivity index (χ4v) is 2.81. The molecule has 1 atom stereocenters. The summed E-state index contributed by atoms with van der Waals surface area (Å²) in [5, 5.41) is 2.99. The second kappa shape index (κ2) is 7.04. The van der Waals surface area contributed by atoms with Crippen molar-refractivity contribution in [1.29, 1.82) is 0 Å². The number of carbonyl (C=O) groups excluding carboxylic acids is 2. The Hall–Kier alpha value is -1.14. The van der Waals surface area contributed by atoms with Crippen LogP contribution in [0.1, 0.15) is 19.8 Å². The molecular weight excluding hydrogens is 258 g/mol. The second-order valence-electron chi connectivity index (χ2n) is 5.78. The van der Waals surface area contributed by atoms with Gasteiger partial charge in [-0.05, 0) is 19.9 Å². The van der Waals surface area contributed by atoms with E-state index in [4.69, 9.17) is 4.74 Å². The predicted molar refractivity (Wildman–Crippen MR) is 75.2 cm³/mol. The summed E-state index contributed by atoms with van der Waals surface area (Å²) in [7, 11) is 2.06. The summed E-state index contributed by atoms with van der Waals surface area (Å²) in [5.74, 6) is 0.236. The van der Waals surface area contributed by atoms with Gasteiger partial charge >= 0.3 is 0 Å². The summed E-state index contributed by atoms with van der Waals surface area (Å²) >= 11 is 0. The van der Waals surface area contributed by atoms with E-state index in [1.165, 1.54) is 0 Å². The van der Waals surface area contributed by atoms with E-state index in [0.717, 1.165) is 32.5 Å². The Kier molecular flexibility index (Phi) is 5.37. The largest absolute Gasteiger partial charge is 0.374 e. The Morgan fingerprint density at radius 1 is 1.25 bits per heavy atom. The first kappa shape index (κ1) is 15.3. The number of ether oxygens (including phenoxy) is 1. The molecule has 0 saturated carbocycles. The minimum atomic E-state index is 0.0342. The molecule has 6 nitrogen and oxygen atoms in total. The van der Waals surface area contributed by atoms with Crippen molar-refractivity contribution in [3.8, 4) is 0 Å². The van der Waals surface area contributed by atoms with Crippen LogP contribution in [-0.4, -0.2) is 74.1 Å². The number of rotatable bonds is 3.